The van der Waals surface area contributed by atoms with Crippen LogP contribution in [-0.2, 0) is 20.9 Å². The van der Waals surface area contributed by atoms with E-state index in [-0.39, 0.29) is 6.54 Å². The Hall–Kier alpha value is -4.60. The molecule has 196 valence electrons. The lowest BCUT2D eigenvalue weighted by Crippen LogP contribution is -2.50. The maximum atomic E-state index is 13.9. The van der Waals surface area contributed by atoms with Crippen LogP contribution in [0.15, 0.2) is 72.8 Å². The van der Waals surface area contributed by atoms with Gasteiger partial charge in [-0.2, -0.15) is 0 Å². The third-order valence-electron chi connectivity index (χ3n) is 5.73. The molecule has 1 N–H and O–H groups in total. The molecule has 10 heteroatoms. The highest BCUT2D eigenvalue weighted by Gasteiger charge is 2.35. The van der Waals surface area contributed by atoms with Gasteiger partial charge in [0.25, 0.3) is 0 Å². The second-order valence-corrected chi connectivity index (χ2v) is 9.73. The molecular weight excluding hydrogens is 489 g/mol. The molecule has 38 heavy (non-hydrogen) atoms. The summed E-state index contributed by atoms with van der Waals surface area (Å²) >= 11 is 0. The van der Waals surface area contributed by atoms with Gasteiger partial charge in [-0.25, -0.2) is 13.9 Å². The fraction of sp³-hybridized carbons (Fsp3) is 0.250. The second kappa shape index (κ2) is 10.8. The zero-order valence-corrected chi connectivity index (χ0v) is 21.5. The number of esters is 1. The number of rotatable bonds is 7. The van der Waals surface area contributed by atoms with Crippen molar-refractivity contribution in [2.24, 2.45) is 0 Å². The molecule has 1 aromatic heterocycles. The van der Waals surface area contributed by atoms with Crippen LogP contribution in [-0.4, -0.2) is 45.4 Å². The van der Waals surface area contributed by atoms with Gasteiger partial charge >= 0.3 is 5.97 Å². The first kappa shape index (κ1) is 26.5. The molecule has 2 amide bonds. The molecule has 0 saturated carbocycles. The van der Waals surface area contributed by atoms with Crippen molar-refractivity contribution in [2.75, 3.05) is 12.0 Å². The molecular formula is C28H28FN5O4. The SMILES string of the molecule is COC(=O)c1ccc([C@@H](C(=O)NC(C)(C)C)N(C(=O)Cn2nnc3ccccc32)c2ccc(F)cc2)cc1. The summed E-state index contributed by atoms with van der Waals surface area (Å²) in [6, 6.07) is 17.6. The smallest absolute Gasteiger partial charge is 0.337 e. The van der Waals surface area contributed by atoms with Crippen LogP contribution in [0.2, 0.25) is 0 Å². The normalized spacial score (nSPS) is 12.1. The van der Waals surface area contributed by atoms with Gasteiger partial charge in [0, 0.05) is 11.2 Å². The molecule has 1 atom stereocenters. The maximum Gasteiger partial charge on any atom is 0.337 e. The molecule has 1 heterocycles. The zero-order valence-electron chi connectivity index (χ0n) is 21.5. The Morgan fingerprint density at radius 1 is 1.00 bits per heavy atom. The lowest BCUT2D eigenvalue weighted by molar-refractivity contribution is -0.128. The molecule has 0 radical (unpaired) electrons. The predicted molar refractivity (Wildman–Crippen MR) is 140 cm³/mol. The Morgan fingerprint density at radius 2 is 1.66 bits per heavy atom. The highest BCUT2D eigenvalue weighted by Crippen LogP contribution is 2.30. The molecule has 0 aliphatic rings. The van der Waals surface area contributed by atoms with E-state index in [0.717, 1.165) is 0 Å². The number of ether oxygens (including phenoxy) is 1. The van der Waals surface area contributed by atoms with E-state index < -0.39 is 35.2 Å². The highest BCUT2D eigenvalue weighted by molar-refractivity contribution is 6.02. The van der Waals surface area contributed by atoms with Gasteiger partial charge in [0.2, 0.25) is 11.8 Å². The monoisotopic (exact) mass is 517 g/mol. The van der Waals surface area contributed by atoms with Crippen LogP contribution in [0.3, 0.4) is 0 Å². The fourth-order valence-electron chi connectivity index (χ4n) is 4.05. The van der Waals surface area contributed by atoms with Gasteiger partial charge in [0.15, 0.2) is 0 Å². The number of carbonyl (C=O) groups is 3. The standard InChI is InChI=1S/C28H28FN5O4/c1-28(2,3)30-26(36)25(18-9-11-19(12-10-18)27(37)38-4)34(21-15-13-20(29)14-16-21)24(35)17-33-23-8-6-5-7-22(23)31-32-33/h5-16,25H,17H2,1-4H3,(H,30,36)/t25-/m0/s1. The number of para-hydroxylation sites is 1. The average Bonchev–Trinajstić information content (AvgIpc) is 3.29. The Balaban J connectivity index is 1.82. The van der Waals surface area contributed by atoms with Crippen molar-refractivity contribution in [3.63, 3.8) is 0 Å². The molecule has 4 rings (SSSR count). The number of halogens is 1. The summed E-state index contributed by atoms with van der Waals surface area (Å²) in [6.45, 7) is 5.26. The number of methoxy groups -OCH3 is 1. The van der Waals surface area contributed by atoms with Crippen LogP contribution in [0.1, 0.15) is 42.7 Å². The van der Waals surface area contributed by atoms with Crippen molar-refractivity contribution in [3.05, 3.63) is 89.7 Å². The minimum atomic E-state index is -1.14. The molecule has 3 aromatic carbocycles. The van der Waals surface area contributed by atoms with E-state index in [1.54, 1.807) is 24.3 Å². The minimum Gasteiger partial charge on any atom is -0.465 e. The summed E-state index contributed by atoms with van der Waals surface area (Å²) in [6.07, 6.45) is 0. The Morgan fingerprint density at radius 3 is 2.29 bits per heavy atom. The summed E-state index contributed by atoms with van der Waals surface area (Å²) < 4.78 is 20.1. The summed E-state index contributed by atoms with van der Waals surface area (Å²) in [4.78, 5) is 41.0. The van der Waals surface area contributed by atoms with E-state index in [9.17, 15) is 18.8 Å². The second-order valence-electron chi connectivity index (χ2n) is 9.73. The number of hydrogen-bond donors (Lipinski definition) is 1. The van der Waals surface area contributed by atoms with E-state index in [1.807, 2.05) is 32.9 Å². The Bertz CT molecular complexity index is 1460. The van der Waals surface area contributed by atoms with Crippen molar-refractivity contribution >= 4 is 34.5 Å². The summed E-state index contributed by atoms with van der Waals surface area (Å²) in [7, 11) is 1.28. The number of carbonyl (C=O) groups excluding carboxylic acids is 3. The van der Waals surface area contributed by atoms with Gasteiger partial charge in [-0.1, -0.05) is 29.5 Å². The third-order valence-corrected chi connectivity index (χ3v) is 5.73. The number of aromatic nitrogens is 3. The largest absolute Gasteiger partial charge is 0.465 e. The lowest BCUT2D eigenvalue weighted by atomic mass is 9.99. The van der Waals surface area contributed by atoms with E-state index >= 15 is 0 Å². The van der Waals surface area contributed by atoms with Crippen molar-refractivity contribution in [1.29, 1.82) is 0 Å². The van der Waals surface area contributed by atoms with Gasteiger partial charge in [0.05, 0.1) is 18.2 Å². The first-order chi connectivity index (χ1) is 18.1. The van der Waals surface area contributed by atoms with Gasteiger partial charge in [-0.3, -0.25) is 14.5 Å². The van der Waals surface area contributed by atoms with Crippen LogP contribution in [0.4, 0.5) is 10.1 Å². The molecule has 0 unspecified atom stereocenters. The third kappa shape index (κ3) is 5.86. The summed E-state index contributed by atoms with van der Waals surface area (Å²) in [5.74, 6) is -1.94. The van der Waals surface area contributed by atoms with Gasteiger partial charge in [0.1, 0.15) is 23.9 Å². The Kier molecular flexibility index (Phi) is 7.52. The predicted octanol–water partition coefficient (Wildman–Crippen LogP) is 4.05. The summed E-state index contributed by atoms with van der Waals surface area (Å²) in [5, 5.41) is 11.2. The lowest BCUT2D eigenvalue weighted by Gasteiger charge is -2.34. The molecule has 0 bridgehead atoms. The zero-order chi connectivity index (χ0) is 27.4. The van der Waals surface area contributed by atoms with E-state index in [1.165, 1.54) is 53.1 Å². The minimum absolute atomic E-state index is 0.225. The quantitative estimate of drug-likeness (QED) is 0.371. The molecule has 0 aliphatic carbocycles. The number of nitrogens with zero attached hydrogens (tertiary/aromatic N) is 4. The van der Waals surface area contributed by atoms with Crippen molar-refractivity contribution in [1.82, 2.24) is 20.3 Å². The molecule has 0 spiro atoms. The van der Waals surface area contributed by atoms with Crippen LogP contribution < -0.4 is 10.2 Å². The topological polar surface area (TPSA) is 106 Å². The van der Waals surface area contributed by atoms with E-state index in [0.29, 0.717) is 27.8 Å². The fourth-order valence-corrected chi connectivity index (χ4v) is 4.05. The average molecular weight is 518 g/mol. The van der Waals surface area contributed by atoms with Crippen molar-refractivity contribution < 1.29 is 23.5 Å². The maximum absolute atomic E-state index is 13.9. The van der Waals surface area contributed by atoms with Gasteiger partial charge in [-0.15, -0.1) is 5.10 Å². The van der Waals surface area contributed by atoms with Crippen LogP contribution in [0.5, 0.6) is 0 Å². The molecule has 0 fully saturated rings. The molecule has 0 aliphatic heterocycles. The highest BCUT2D eigenvalue weighted by atomic mass is 19.1. The van der Waals surface area contributed by atoms with Crippen molar-refractivity contribution in [3.8, 4) is 0 Å². The number of fused-ring (bicyclic) bond motifs is 1. The number of amides is 2. The molecule has 9 nitrogen and oxygen atoms in total. The van der Waals surface area contributed by atoms with Crippen LogP contribution in [0, 0.1) is 5.82 Å². The van der Waals surface area contributed by atoms with Crippen LogP contribution in [0.25, 0.3) is 11.0 Å². The van der Waals surface area contributed by atoms with Gasteiger partial charge < -0.3 is 10.1 Å². The molecule has 0 saturated heterocycles. The summed E-state index contributed by atoms with van der Waals surface area (Å²) in [5.41, 5.74) is 1.71. The first-order valence-electron chi connectivity index (χ1n) is 11.9. The number of benzene rings is 3. The molecule has 4 aromatic rings. The first-order valence-corrected chi connectivity index (χ1v) is 11.9. The van der Waals surface area contributed by atoms with E-state index in [2.05, 4.69) is 15.6 Å². The number of anilines is 1. The van der Waals surface area contributed by atoms with Gasteiger partial charge in [-0.05, 0) is 74.9 Å². The van der Waals surface area contributed by atoms with Crippen molar-refractivity contribution in [2.45, 2.75) is 38.9 Å². The number of nitrogens with one attached hydrogen (secondary N) is 1. The number of hydrogen-bond acceptors (Lipinski definition) is 6. The van der Waals surface area contributed by atoms with Crippen LogP contribution >= 0.6 is 0 Å². The van der Waals surface area contributed by atoms with E-state index in [4.69, 9.17) is 4.74 Å². The Labute approximate surface area is 219 Å².